The molecule has 0 atom stereocenters. The Kier molecular flexibility index (Phi) is 5.11. The Balaban J connectivity index is 1.72. The molecule has 0 radical (unpaired) electrons. The Morgan fingerprint density at radius 1 is 1.20 bits per heavy atom. The molecule has 7 nitrogen and oxygen atoms in total. The van der Waals surface area contributed by atoms with Gasteiger partial charge in [0.25, 0.3) is 5.91 Å². The van der Waals surface area contributed by atoms with Gasteiger partial charge in [-0.3, -0.25) is 9.59 Å². The number of aromatic nitrogens is 3. The topological polar surface area (TPSA) is 97.1 Å². The van der Waals surface area contributed by atoms with Gasteiger partial charge in [0.15, 0.2) is 0 Å². The van der Waals surface area contributed by atoms with Crippen LogP contribution in [-0.2, 0) is 11.3 Å². The first-order valence-electron chi connectivity index (χ1n) is 8.53. The monoisotopic (exact) mass is 342 g/mol. The molecule has 1 aromatic carbocycles. The zero-order chi connectivity index (χ0) is 17.7. The molecule has 0 saturated heterocycles. The molecule has 1 aliphatic carbocycles. The lowest BCUT2D eigenvalue weighted by atomic mass is 9.74. The lowest BCUT2D eigenvalue weighted by molar-refractivity contribution is -0.150. The molecule has 1 saturated carbocycles. The summed E-state index contributed by atoms with van der Waals surface area (Å²) in [5, 5.41) is 16.5. The van der Waals surface area contributed by atoms with Gasteiger partial charge in [0.2, 0.25) is 0 Å². The van der Waals surface area contributed by atoms with E-state index < -0.39 is 11.4 Å². The molecule has 0 bridgehead atoms. The van der Waals surface area contributed by atoms with Crippen molar-refractivity contribution < 1.29 is 14.7 Å². The number of carboxylic acid groups (broad SMARTS) is 1. The van der Waals surface area contributed by atoms with E-state index in [2.05, 4.69) is 15.4 Å². The number of rotatable bonds is 6. The van der Waals surface area contributed by atoms with Gasteiger partial charge < -0.3 is 10.4 Å². The van der Waals surface area contributed by atoms with Crippen LogP contribution in [0, 0.1) is 5.41 Å². The average Bonchev–Trinajstić information content (AvgIpc) is 3.14. The Morgan fingerprint density at radius 3 is 2.64 bits per heavy atom. The van der Waals surface area contributed by atoms with Gasteiger partial charge in [0.05, 0.1) is 12.0 Å². The summed E-state index contributed by atoms with van der Waals surface area (Å²) in [5.74, 6) is -1.06. The molecule has 1 aliphatic rings. The molecule has 2 N–H and O–H groups in total. The first-order valence-corrected chi connectivity index (χ1v) is 8.53. The Morgan fingerprint density at radius 2 is 1.96 bits per heavy atom. The molecular formula is C18H22N4O3. The summed E-state index contributed by atoms with van der Waals surface area (Å²) in [5.41, 5.74) is 0.516. The van der Waals surface area contributed by atoms with E-state index in [9.17, 15) is 14.7 Å². The summed E-state index contributed by atoms with van der Waals surface area (Å²) >= 11 is 0. The lowest BCUT2D eigenvalue weighted by Crippen LogP contribution is -2.44. The number of benzene rings is 1. The van der Waals surface area contributed by atoms with Crippen molar-refractivity contribution in [2.24, 2.45) is 5.41 Å². The van der Waals surface area contributed by atoms with E-state index in [4.69, 9.17) is 0 Å². The van der Waals surface area contributed by atoms with E-state index in [-0.39, 0.29) is 12.5 Å². The summed E-state index contributed by atoms with van der Waals surface area (Å²) in [6, 6.07) is 7.27. The molecule has 3 rings (SSSR count). The standard InChI is InChI=1S/C18H22N4O3/c23-16(20-11-18(17(24)25)8-4-1-5-9-18)15-7-3-2-6-14(15)10-22-13-19-12-21-22/h2-3,6-7,12-13H,1,4-5,8-11H2,(H,20,23)(H,24,25). The van der Waals surface area contributed by atoms with Crippen molar-refractivity contribution in [2.45, 2.75) is 38.6 Å². The zero-order valence-electron chi connectivity index (χ0n) is 14.0. The van der Waals surface area contributed by atoms with Gasteiger partial charge >= 0.3 is 5.97 Å². The molecular weight excluding hydrogens is 320 g/mol. The summed E-state index contributed by atoms with van der Waals surface area (Å²) in [6.45, 7) is 0.604. The van der Waals surface area contributed by atoms with Crippen molar-refractivity contribution in [3.63, 3.8) is 0 Å². The zero-order valence-corrected chi connectivity index (χ0v) is 14.0. The number of nitrogens with one attached hydrogen (secondary N) is 1. The molecule has 0 spiro atoms. The third-order valence-electron chi connectivity index (χ3n) is 4.91. The predicted molar refractivity (Wildman–Crippen MR) is 91.1 cm³/mol. The van der Waals surface area contributed by atoms with Crippen LogP contribution in [0.1, 0.15) is 48.0 Å². The first kappa shape index (κ1) is 17.1. The number of aliphatic carboxylic acids is 1. The SMILES string of the molecule is O=C(NCC1(C(=O)O)CCCCC1)c1ccccc1Cn1cncn1. The highest BCUT2D eigenvalue weighted by Crippen LogP contribution is 2.36. The second-order valence-electron chi connectivity index (χ2n) is 6.58. The maximum absolute atomic E-state index is 12.7. The van der Waals surface area contributed by atoms with Crippen molar-refractivity contribution >= 4 is 11.9 Å². The average molecular weight is 342 g/mol. The number of nitrogens with zero attached hydrogens (tertiary/aromatic N) is 3. The van der Waals surface area contributed by atoms with Crippen LogP contribution in [0.25, 0.3) is 0 Å². The highest BCUT2D eigenvalue weighted by molar-refractivity contribution is 5.96. The molecule has 1 fully saturated rings. The molecule has 132 valence electrons. The minimum atomic E-state index is -0.839. The van der Waals surface area contributed by atoms with Crippen LogP contribution < -0.4 is 5.32 Å². The van der Waals surface area contributed by atoms with E-state index >= 15 is 0 Å². The minimum Gasteiger partial charge on any atom is -0.481 e. The fourth-order valence-electron chi connectivity index (χ4n) is 3.41. The highest BCUT2D eigenvalue weighted by Gasteiger charge is 2.39. The second kappa shape index (κ2) is 7.46. The van der Waals surface area contributed by atoms with Crippen molar-refractivity contribution in [1.29, 1.82) is 0 Å². The number of hydrogen-bond acceptors (Lipinski definition) is 4. The number of hydrogen-bond donors (Lipinski definition) is 2. The second-order valence-corrected chi connectivity index (χ2v) is 6.58. The number of carbonyl (C=O) groups excluding carboxylic acids is 1. The molecule has 1 aromatic heterocycles. The van der Waals surface area contributed by atoms with Crippen molar-refractivity contribution in [1.82, 2.24) is 20.1 Å². The van der Waals surface area contributed by atoms with Gasteiger partial charge in [-0.25, -0.2) is 9.67 Å². The third kappa shape index (κ3) is 3.87. The quantitative estimate of drug-likeness (QED) is 0.838. The van der Waals surface area contributed by atoms with Crippen LogP contribution >= 0.6 is 0 Å². The predicted octanol–water partition coefficient (Wildman–Crippen LogP) is 2.09. The molecule has 25 heavy (non-hydrogen) atoms. The Labute approximate surface area is 146 Å². The summed E-state index contributed by atoms with van der Waals surface area (Å²) in [7, 11) is 0. The van der Waals surface area contributed by atoms with Crippen LogP contribution in [0.5, 0.6) is 0 Å². The van der Waals surface area contributed by atoms with Crippen molar-refractivity contribution in [3.05, 3.63) is 48.0 Å². The molecule has 7 heteroatoms. The first-order chi connectivity index (χ1) is 12.1. The summed E-state index contributed by atoms with van der Waals surface area (Å²) < 4.78 is 1.64. The van der Waals surface area contributed by atoms with Crippen LogP contribution in [0.3, 0.4) is 0 Å². The number of amides is 1. The van der Waals surface area contributed by atoms with Gasteiger partial charge in [0.1, 0.15) is 12.7 Å². The maximum Gasteiger partial charge on any atom is 0.311 e. The molecule has 2 aromatic rings. The maximum atomic E-state index is 12.7. The van der Waals surface area contributed by atoms with E-state index in [1.807, 2.05) is 12.1 Å². The van der Waals surface area contributed by atoms with Gasteiger partial charge in [-0.15, -0.1) is 0 Å². The Bertz CT molecular complexity index is 737. The normalized spacial score (nSPS) is 16.3. The van der Waals surface area contributed by atoms with Crippen LogP contribution in [-0.4, -0.2) is 38.3 Å². The fraction of sp³-hybridized carbons (Fsp3) is 0.444. The van der Waals surface area contributed by atoms with Gasteiger partial charge in [-0.05, 0) is 24.5 Å². The van der Waals surface area contributed by atoms with E-state index in [1.54, 1.807) is 23.1 Å². The van der Waals surface area contributed by atoms with Gasteiger partial charge in [0, 0.05) is 12.1 Å². The number of carbonyl (C=O) groups is 2. The largest absolute Gasteiger partial charge is 0.481 e. The third-order valence-corrected chi connectivity index (χ3v) is 4.91. The fourth-order valence-corrected chi connectivity index (χ4v) is 3.41. The van der Waals surface area contributed by atoms with Crippen LogP contribution in [0.4, 0.5) is 0 Å². The smallest absolute Gasteiger partial charge is 0.311 e. The van der Waals surface area contributed by atoms with E-state index in [1.165, 1.54) is 6.33 Å². The van der Waals surface area contributed by atoms with Gasteiger partial charge in [-0.1, -0.05) is 37.5 Å². The number of carboxylic acids is 1. The molecule has 0 unspecified atom stereocenters. The van der Waals surface area contributed by atoms with E-state index in [0.29, 0.717) is 24.9 Å². The minimum absolute atomic E-state index is 0.166. The molecule has 0 aliphatic heterocycles. The summed E-state index contributed by atoms with van der Waals surface area (Å²) in [6.07, 6.45) is 7.12. The highest BCUT2D eigenvalue weighted by atomic mass is 16.4. The van der Waals surface area contributed by atoms with Crippen molar-refractivity contribution in [3.8, 4) is 0 Å². The molecule has 1 heterocycles. The van der Waals surface area contributed by atoms with E-state index in [0.717, 1.165) is 24.8 Å². The lowest BCUT2D eigenvalue weighted by Gasteiger charge is -2.33. The van der Waals surface area contributed by atoms with Crippen LogP contribution in [0.2, 0.25) is 0 Å². The summed E-state index contributed by atoms with van der Waals surface area (Å²) in [4.78, 5) is 28.3. The molecule has 1 amide bonds. The van der Waals surface area contributed by atoms with Crippen molar-refractivity contribution in [2.75, 3.05) is 6.54 Å². The Hall–Kier alpha value is -2.70. The van der Waals surface area contributed by atoms with Crippen LogP contribution in [0.15, 0.2) is 36.9 Å². The van der Waals surface area contributed by atoms with Gasteiger partial charge in [-0.2, -0.15) is 5.10 Å².